The third-order valence-electron chi connectivity index (χ3n) is 3.82. The average molecular weight is 276 g/mol. The third kappa shape index (κ3) is 2.81. The SMILES string of the molecule is CCNC(c1ccc2ccccc2n1)c1ccccc1C. The fraction of sp³-hybridized carbons (Fsp3) is 0.211. The maximum atomic E-state index is 4.85. The lowest BCUT2D eigenvalue weighted by Crippen LogP contribution is -2.23. The predicted octanol–water partition coefficient (Wildman–Crippen LogP) is 4.24. The van der Waals surface area contributed by atoms with Crippen molar-refractivity contribution in [2.75, 3.05) is 6.54 Å². The van der Waals surface area contributed by atoms with Gasteiger partial charge in [0.2, 0.25) is 0 Å². The molecule has 0 spiro atoms. The van der Waals surface area contributed by atoms with Crippen molar-refractivity contribution in [3.05, 3.63) is 77.5 Å². The Bertz CT molecular complexity index is 749. The van der Waals surface area contributed by atoms with Gasteiger partial charge in [0.1, 0.15) is 0 Å². The van der Waals surface area contributed by atoms with Crippen LogP contribution in [0.1, 0.15) is 29.8 Å². The van der Waals surface area contributed by atoms with Crippen LogP contribution in [-0.2, 0) is 0 Å². The van der Waals surface area contributed by atoms with Crippen LogP contribution in [0.2, 0.25) is 0 Å². The number of aryl methyl sites for hydroxylation is 1. The number of pyridine rings is 1. The number of hydrogen-bond acceptors (Lipinski definition) is 2. The number of benzene rings is 2. The van der Waals surface area contributed by atoms with Gasteiger partial charge in [-0.15, -0.1) is 0 Å². The van der Waals surface area contributed by atoms with Crippen LogP contribution in [0.4, 0.5) is 0 Å². The number of aromatic nitrogens is 1. The molecular weight excluding hydrogens is 256 g/mol. The molecule has 0 saturated carbocycles. The Morgan fingerprint density at radius 1 is 0.952 bits per heavy atom. The first-order valence-electron chi connectivity index (χ1n) is 7.44. The minimum atomic E-state index is 0.140. The summed E-state index contributed by atoms with van der Waals surface area (Å²) in [5, 5.41) is 4.74. The van der Waals surface area contributed by atoms with E-state index in [1.165, 1.54) is 16.5 Å². The Morgan fingerprint density at radius 3 is 2.52 bits per heavy atom. The molecule has 1 unspecified atom stereocenters. The third-order valence-corrected chi connectivity index (χ3v) is 3.82. The van der Waals surface area contributed by atoms with Crippen molar-refractivity contribution < 1.29 is 0 Å². The van der Waals surface area contributed by atoms with Crippen LogP contribution in [0.5, 0.6) is 0 Å². The number of fused-ring (bicyclic) bond motifs is 1. The normalized spacial score (nSPS) is 12.5. The summed E-state index contributed by atoms with van der Waals surface area (Å²) < 4.78 is 0. The molecule has 1 N–H and O–H groups in total. The van der Waals surface area contributed by atoms with Crippen LogP contribution < -0.4 is 5.32 Å². The van der Waals surface area contributed by atoms with E-state index in [4.69, 9.17) is 4.98 Å². The molecule has 0 saturated heterocycles. The van der Waals surface area contributed by atoms with Crippen LogP contribution in [0, 0.1) is 6.92 Å². The van der Waals surface area contributed by atoms with Crippen LogP contribution in [0.3, 0.4) is 0 Å². The molecule has 3 aromatic rings. The minimum absolute atomic E-state index is 0.140. The molecule has 0 bridgehead atoms. The van der Waals surface area contributed by atoms with Gasteiger partial charge in [-0.25, -0.2) is 0 Å². The summed E-state index contributed by atoms with van der Waals surface area (Å²) in [5.41, 5.74) is 4.71. The highest BCUT2D eigenvalue weighted by molar-refractivity contribution is 5.78. The zero-order chi connectivity index (χ0) is 14.7. The van der Waals surface area contributed by atoms with Gasteiger partial charge in [0.05, 0.1) is 17.3 Å². The summed E-state index contributed by atoms with van der Waals surface area (Å²) in [4.78, 5) is 4.85. The fourth-order valence-corrected chi connectivity index (χ4v) is 2.73. The molecule has 106 valence electrons. The van der Waals surface area contributed by atoms with Crippen molar-refractivity contribution in [2.24, 2.45) is 0 Å². The topological polar surface area (TPSA) is 24.9 Å². The van der Waals surface area contributed by atoms with Crippen LogP contribution >= 0.6 is 0 Å². The predicted molar refractivity (Wildman–Crippen MR) is 88.4 cm³/mol. The molecule has 0 fully saturated rings. The molecule has 3 rings (SSSR count). The van der Waals surface area contributed by atoms with Crippen molar-refractivity contribution in [1.82, 2.24) is 10.3 Å². The van der Waals surface area contributed by atoms with Gasteiger partial charge in [-0.1, -0.05) is 55.5 Å². The largest absolute Gasteiger partial charge is 0.305 e. The van der Waals surface area contributed by atoms with Gasteiger partial charge in [-0.05, 0) is 36.7 Å². The van der Waals surface area contributed by atoms with Crippen molar-refractivity contribution in [3.63, 3.8) is 0 Å². The number of nitrogens with one attached hydrogen (secondary N) is 1. The first-order chi connectivity index (χ1) is 10.3. The summed E-state index contributed by atoms with van der Waals surface area (Å²) >= 11 is 0. The molecule has 1 atom stereocenters. The maximum Gasteiger partial charge on any atom is 0.0754 e. The standard InChI is InChI=1S/C19H20N2/c1-3-20-19(16-10-6-4-8-14(16)2)18-13-12-15-9-5-7-11-17(15)21-18/h4-13,19-20H,3H2,1-2H3. The second-order valence-corrected chi connectivity index (χ2v) is 5.28. The van der Waals surface area contributed by atoms with Gasteiger partial charge < -0.3 is 5.32 Å². The number of para-hydroxylation sites is 1. The second-order valence-electron chi connectivity index (χ2n) is 5.28. The van der Waals surface area contributed by atoms with Crippen LogP contribution in [0.25, 0.3) is 10.9 Å². The Morgan fingerprint density at radius 2 is 1.71 bits per heavy atom. The first kappa shape index (κ1) is 13.8. The number of nitrogens with zero attached hydrogens (tertiary/aromatic N) is 1. The molecular formula is C19H20N2. The first-order valence-corrected chi connectivity index (χ1v) is 7.44. The van der Waals surface area contributed by atoms with Gasteiger partial charge >= 0.3 is 0 Å². The van der Waals surface area contributed by atoms with Gasteiger partial charge in [0, 0.05) is 5.39 Å². The zero-order valence-corrected chi connectivity index (χ0v) is 12.5. The van der Waals surface area contributed by atoms with Crippen LogP contribution in [0.15, 0.2) is 60.7 Å². The number of rotatable bonds is 4. The summed E-state index contributed by atoms with van der Waals surface area (Å²) in [5.74, 6) is 0. The molecule has 0 aliphatic carbocycles. The van der Waals surface area contributed by atoms with Gasteiger partial charge in [0.15, 0.2) is 0 Å². The maximum absolute atomic E-state index is 4.85. The van der Waals surface area contributed by atoms with E-state index in [-0.39, 0.29) is 6.04 Å². The average Bonchev–Trinajstić information content (AvgIpc) is 2.53. The van der Waals surface area contributed by atoms with E-state index < -0.39 is 0 Å². The monoisotopic (exact) mass is 276 g/mol. The molecule has 21 heavy (non-hydrogen) atoms. The van der Waals surface area contributed by atoms with Gasteiger partial charge in [0.25, 0.3) is 0 Å². The summed E-state index contributed by atoms with van der Waals surface area (Å²) in [6.07, 6.45) is 0. The Kier molecular flexibility index (Phi) is 3.98. The lowest BCUT2D eigenvalue weighted by Gasteiger charge is -2.20. The molecule has 1 heterocycles. The Hall–Kier alpha value is -2.19. The van der Waals surface area contributed by atoms with E-state index in [2.05, 4.69) is 67.7 Å². The Labute approximate surface area is 125 Å². The molecule has 2 nitrogen and oxygen atoms in total. The molecule has 1 aromatic heterocycles. The second kappa shape index (κ2) is 6.06. The van der Waals surface area contributed by atoms with E-state index in [1.807, 2.05) is 12.1 Å². The Balaban J connectivity index is 2.09. The molecule has 0 aliphatic heterocycles. The highest BCUT2D eigenvalue weighted by Gasteiger charge is 2.16. The van der Waals surface area contributed by atoms with Crippen LogP contribution in [-0.4, -0.2) is 11.5 Å². The van der Waals surface area contributed by atoms with E-state index >= 15 is 0 Å². The van der Waals surface area contributed by atoms with E-state index in [9.17, 15) is 0 Å². The smallest absolute Gasteiger partial charge is 0.0754 e. The van der Waals surface area contributed by atoms with Crippen molar-refractivity contribution in [1.29, 1.82) is 0 Å². The van der Waals surface area contributed by atoms with E-state index in [0.717, 1.165) is 17.8 Å². The molecule has 0 radical (unpaired) electrons. The number of hydrogen-bond donors (Lipinski definition) is 1. The molecule has 2 aromatic carbocycles. The molecule has 0 aliphatic rings. The summed E-state index contributed by atoms with van der Waals surface area (Å²) in [6, 6.07) is 21.2. The van der Waals surface area contributed by atoms with Gasteiger partial charge in [-0.2, -0.15) is 0 Å². The van der Waals surface area contributed by atoms with Crippen molar-refractivity contribution >= 4 is 10.9 Å². The quantitative estimate of drug-likeness (QED) is 0.771. The van der Waals surface area contributed by atoms with Crippen molar-refractivity contribution in [3.8, 4) is 0 Å². The highest BCUT2D eigenvalue weighted by atomic mass is 14.9. The lowest BCUT2D eigenvalue weighted by atomic mass is 9.98. The fourth-order valence-electron chi connectivity index (χ4n) is 2.73. The van der Waals surface area contributed by atoms with E-state index in [1.54, 1.807) is 0 Å². The van der Waals surface area contributed by atoms with E-state index in [0.29, 0.717) is 0 Å². The highest BCUT2D eigenvalue weighted by Crippen LogP contribution is 2.25. The lowest BCUT2D eigenvalue weighted by molar-refractivity contribution is 0.615. The minimum Gasteiger partial charge on any atom is -0.305 e. The molecule has 2 heteroatoms. The zero-order valence-electron chi connectivity index (χ0n) is 12.5. The van der Waals surface area contributed by atoms with Crippen molar-refractivity contribution in [2.45, 2.75) is 19.9 Å². The van der Waals surface area contributed by atoms with Gasteiger partial charge in [-0.3, -0.25) is 4.98 Å². The summed E-state index contributed by atoms with van der Waals surface area (Å²) in [7, 11) is 0. The molecule has 0 amide bonds. The summed E-state index contributed by atoms with van der Waals surface area (Å²) in [6.45, 7) is 5.19.